The zero-order valence-electron chi connectivity index (χ0n) is 29.9. The number of pyridine rings is 1. The second-order valence-corrected chi connectivity index (χ2v) is 14.9. The minimum absolute atomic E-state index is 0.102. The largest absolute Gasteiger partial charge is 0.462 e. The van der Waals surface area contributed by atoms with Crippen LogP contribution < -0.4 is 9.47 Å². The Bertz CT molecular complexity index is 2000. The molecule has 0 radical (unpaired) electrons. The van der Waals surface area contributed by atoms with Gasteiger partial charge >= 0.3 is 5.97 Å². The molecular formula is C41H45BrN4O6. The molecule has 5 heterocycles. The number of esters is 1. The molecule has 2 saturated heterocycles. The molecule has 3 unspecified atom stereocenters. The monoisotopic (exact) mass is 768 g/mol. The van der Waals surface area contributed by atoms with Crippen molar-refractivity contribution < 1.29 is 28.5 Å². The Kier molecular flexibility index (Phi) is 10.8. The van der Waals surface area contributed by atoms with Crippen molar-refractivity contribution in [1.82, 2.24) is 19.4 Å². The first kappa shape index (κ1) is 35.9. The third-order valence-electron chi connectivity index (χ3n) is 10.6. The van der Waals surface area contributed by atoms with E-state index in [1.165, 1.54) is 34.6 Å². The number of amides is 1. The molecule has 3 aliphatic heterocycles. The average Bonchev–Trinajstić information content (AvgIpc) is 3.77. The maximum atomic E-state index is 12.5. The minimum Gasteiger partial charge on any atom is -0.462 e. The third kappa shape index (κ3) is 7.40. The van der Waals surface area contributed by atoms with Crippen LogP contribution in [-0.2, 0) is 33.3 Å². The SMILES string of the molecule is COC12CC(COC(=O)c3cncc(Br)c3)CN(C)C1Cc1cn(C)c3cccc2c13.O=C(C=CC=Cc1ccc2c(c1)OCO2)N1CCCCC1. The molecule has 4 aromatic rings. The van der Waals surface area contributed by atoms with Crippen LogP contribution in [-0.4, -0.2) is 84.5 Å². The van der Waals surface area contributed by atoms with Gasteiger partial charge < -0.3 is 28.4 Å². The van der Waals surface area contributed by atoms with E-state index in [2.05, 4.69) is 68.9 Å². The molecule has 1 amide bonds. The summed E-state index contributed by atoms with van der Waals surface area (Å²) in [6.07, 6.45) is 17.9. The Morgan fingerprint density at radius 3 is 2.67 bits per heavy atom. The second-order valence-electron chi connectivity index (χ2n) is 14.0. The molecule has 1 aliphatic carbocycles. The number of halogens is 1. The summed E-state index contributed by atoms with van der Waals surface area (Å²) in [4.78, 5) is 32.8. The van der Waals surface area contributed by atoms with E-state index in [4.69, 9.17) is 18.9 Å². The summed E-state index contributed by atoms with van der Waals surface area (Å²) in [5, 5.41) is 1.31. The number of likely N-dealkylation sites (tertiary alicyclic amines) is 2. The molecule has 2 aromatic carbocycles. The van der Waals surface area contributed by atoms with Crippen molar-refractivity contribution in [3.63, 3.8) is 0 Å². The van der Waals surface area contributed by atoms with Crippen LogP contribution in [0, 0.1) is 5.92 Å². The van der Waals surface area contributed by atoms with Gasteiger partial charge in [-0.05, 0) is 96.0 Å². The molecule has 0 N–H and O–H groups in total. The van der Waals surface area contributed by atoms with Gasteiger partial charge in [-0.2, -0.15) is 0 Å². The summed E-state index contributed by atoms with van der Waals surface area (Å²) in [5.74, 6) is 1.48. The molecule has 10 nitrogen and oxygen atoms in total. The lowest BCUT2D eigenvalue weighted by atomic mass is 9.69. The number of carbonyl (C=O) groups is 2. The van der Waals surface area contributed by atoms with Crippen molar-refractivity contribution in [1.29, 1.82) is 0 Å². The Morgan fingerprint density at radius 1 is 1.04 bits per heavy atom. The van der Waals surface area contributed by atoms with Crippen molar-refractivity contribution in [3.8, 4) is 11.5 Å². The van der Waals surface area contributed by atoms with Crippen LogP contribution in [0.15, 0.2) is 83.8 Å². The fourth-order valence-corrected chi connectivity index (χ4v) is 8.53. The maximum Gasteiger partial charge on any atom is 0.339 e. The van der Waals surface area contributed by atoms with Gasteiger partial charge in [-0.15, -0.1) is 0 Å². The van der Waals surface area contributed by atoms with Gasteiger partial charge in [0.2, 0.25) is 12.7 Å². The average molecular weight is 770 g/mol. The van der Waals surface area contributed by atoms with Gasteiger partial charge in [-0.1, -0.05) is 36.4 Å². The van der Waals surface area contributed by atoms with Crippen molar-refractivity contribution in [2.75, 3.05) is 47.2 Å². The molecule has 272 valence electrons. The summed E-state index contributed by atoms with van der Waals surface area (Å²) in [6.45, 7) is 3.26. The predicted molar refractivity (Wildman–Crippen MR) is 203 cm³/mol. The number of aryl methyl sites for hydroxylation is 1. The smallest absolute Gasteiger partial charge is 0.339 e. The highest BCUT2D eigenvalue weighted by Gasteiger charge is 2.52. The van der Waals surface area contributed by atoms with Gasteiger partial charge in [0.25, 0.3) is 0 Å². The first-order valence-corrected chi connectivity index (χ1v) is 18.7. The fraction of sp³-hybridized carbons (Fsp3) is 0.390. The molecule has 0 bridgehead atoms. The van der Waals surface area contributed by atoms with E-state index in [1.807, 2.05) is 42.4 Å². The number of carbonyl (C=O) groups excluding carboxylic acids is 2. The Balaban J connectivity index is 0.000000175. The number of piperidine rings is 2. The highest BCUT2D eigenvalue weighted by Crippen LogP contribution is 2.49. The van der Waals surface area contributed by atoms with Crippen LogP contribution in [0.1, 0.15) is 52.7 Å². The first-order chi connectivity index (χ1) is 25.3. The number of hydrogen-bond acceptors (Lipinski definition) is 8. The van der Waals surface area contributed by atoms with Gasteiger partial charge in [0.1, 0.15) is 5.60 Å². The summed E-state index contributed by atoms with van der Waals surface area (Å²) in [6, 6.07) is 14.3. The summed E-state index contributed by atoms with van der Waals surface area (Å²) >= 11 is 3.35. The summed E-state index contributed by atoms with van der Waals surface area (Å²) < 4.78 is 25.6. The molecule has 2 fully saturated rings. The van der Waals surface area contributed by atoms with Crippen molar-refractivity contribution in [2.45, 2.75) is 43.7 Å². The molecular weight excluding hydrogens is 724 g/mol. The molecule has 0 spiro atoms. The van der Waals surface area contributed by atoms with E-state index in [1.54, 1.807) is 24.4 Å². The van der Waals surface area contributed by atoms with Crippen LogP contribution in [0.3, 0.4) is 0 Å². The van der Waals surface area contributed by atoms with Crippen LogP contribution in [0.5, 0.6) is 11.5 Å². The second kappa shape index (κ2) is 15.7. The number of rotatable bonds is 7. The molecule has 2 aromatic heterocycles. The number of hydrogen-bond donors (Lipinski definition) is 0. The normalized spacial score (nSPS) is 22.3. The highest BCUT2D eigenvalue weighted by molar-refractivity contribution is 9.10. The third-order valence-corrected chi connectivity index (χ3v) is 11.1. The maximum absolute atomic E-state index is 12.5. The van der Waals surface area contributed by atoms with Gasteiger partial charge in [-0.3, -0.25) is 14.7 Å². The van der Waals surface area contributed by atoms with E-state index in [0.29, 0.717) is 12.2 Å². The quantitative estimate of drug-likeness (QED) is 0.114. The number of likely N-dealkylation sites (N-methyl/N-ethyl adjacent to an activating group) is 1. The van der Waals surface area contributed by atoms with Crippen LogP contribution in [0.25, 0.3) is 17.0 Å². The number of benzene rings is 2. The highest BCUT2D eigenvalue weighted by atomic mass is 79.9. The Morgan fingerprint density at radius 2 is 1.87 bits per heavy atom. The van der Waals surface area contributed by atoms with Gasteiger partial charge in [0.15, 0.2) is 11.5 Å². The number of aromatic nitrogens is 2. The zero-order valence-corrected chi connectivity index (χ0v) is 31.5. The van der Waals surface area contributed by atoms with Crippen molar-refractivity contribution in [3.05, 3.63) is 106 Å². The van der Waals surface area contributed by atoms with E-state index >= 15 is 0 Å². The standard InChI is InChI=1S/C24H26BrN3O3.C17H19NO3/c1-27-13-17-8-21-24(30-3,19-5-4-6-20(27)22(17)19)9-15(12-28(21)2)14-31-23(29)16-7-18(25)11-26-10-16;19-17(18-10-4-1-5-11-18)7-3-2-6-14-8-9-15-16(12-14)21-13-20-15/h4-7,10-11,13,15,21H,8-9,12,14H2,1-3H3;2-3,6-9,12H,1,4-5,10-11,13H2. The number of ether oxygens (including phenoxy) is 4. The molecule has 4 aliphatic rings. The lowest BCUT2D eigenvalue weighted by Crippen LogP contribution is -2.59. The van der Waals surface area contributed by atoms with Gasteiger partial charge in [0.05, 0.1) is 12.2 Å². The molecule has 52 heavy (non-hydrogen) atoms. The van der Waals surface area contributed by atoms with Gasteiger partial charge in [0, 0.05) is 85.8 Å². The van der Waals surface area contributed by atoms with Crippen molar-refractivity contribution in [2.24, 2.45) is 13.0 Å². The lowest BCUT2D eigenvalue weighted by Gasteiger charge is -2.53. The number of methoxy groups -OCH3 is 1. The zero-order chi connectivity index (χ0) is 36.2. The predicted octanol–water partition coefficient (Wildman–Crippen LogP) is 6.91. The fourth-order valence-electron chi connectivity index (χ4n) is 8.17. The topological polar surface area (TPSA) is 95.4 Å². The molecule has 0 saturated carbocycles. The molecule has 11 heteroatoms. The van der Waals surface area contributed by atoms with Crippen LogP contribution in [0.2, 0.25) is 0 Å². The summed E-state index contributed by atoms with van der Waals surface area (Å²) in [7, 11) is 6.07. The van der Waals surface area contributed by atoms with E-state index in [-0.39, 0.29) is 30.6 Å². The van der Waals surface area contributed by atoms with E-state index in [0.717, 1.165) is 66.9 Å². The summed E-state index contributed by atoms with van der Waals surface area (Å²) in [5.41, 5.74) is 4.92. The van der Waals surface area contributed by atoms with Gasteiger partial charge in [-0.25, -0.2) is 4.79 Å². The van der Waals surface area contributed by atoms with E-state index in [9.17, 15) is 9.59 Å². The number of nitrogens with zero attached hydrogens (tertiary/aromatic N) is 4. The van der Waals surface area contributed by atoms with E-state index < -0.39 is 5.60 Å². The Labute approximate surface area is 313 Å². The number of fused-ring (bicyclic) bond motifs is 3. The van der Waals surface area contributed by atoms with Crippen LogP contribution in [0.4, 0.5) is 0 Å². The Hall–Kier alpha value is -4.45. The van der Waals surface area contributed by atoms with Crippen LogP contribution >= 0.6 is 15.9 Å². The number of allylic oxidation sites excluding steroid dienone is 2. The first-order valence-electron chi connectivity index (χ1n) is 17.9. The molecule has 3 atom stereocenters. The van der Waals surface area contributed by atoms with Crippen molar-refractivity contribution >= 4 is 44.8 Å². The minimum atomic E-state index is -0.421. The molecule has 8 rings (SSSR count). The lowest BCUT2D eigenvalue weighted by molar-refractivity contribution is -0.131.